The van der Waals surface area contributed by atoms with Crippen LogP contribution in [0.15, 0.2) is 41.1 Å². The number of piperidine rings is 1. The maximum absolute atomic E-state index is 11.3. The number of carbonyl (C=O) groups excluding carboxylic acids is 1. The molecule has 1 aromatic heterocycles. The third-order valence-corrected chi connectivity index (χ3v) is 4.94. The second kappa shape index (κ2) is 6.83. The Labute approximate surface area is 134 Å². The van der Waals surface area contributed by atoms with Crippen LogP contribution in [0.3, 0.4) is 0 Å². The Morgan fingerprint density at radius 3 is 2.73 bits per heavy atom. The van der Waals surface area contributed by atoms with E-state index >= 15 is 0 Å². The number of para-hydroxylation sites is 2. The Hall–Kier alpha value is -2.01. The number of amides is 1. The lowest BCUT2D eigenvalue weighted by Gasteiger charge is -2.33. The summed E-state index contributed by atoms with van der Waals surface area (Å²) in [6.45, 7) is 2.59. The summed E-state index contributed by atoms with van der Waals surface area (Å²) < 4.78 is 0. The highest BCUT2D eigenvalue weighted by atomic mass is 32.1. The van der Waals surface area contributed by atoms with Crippen molar-refractivity contribution in [1.29, 1.82) is 0 Å². The van der Waals surface area contributed by atoms with Gasteiger partial charge in [-0.15, -0.1) is 0 Å². The minimum Gasteiger partial charge on any atom is -0.379 e. The lowest BCUT2D eigenvalue weighted by Crippen LogP contribution is -2.38. The Kier molecular flexibility index (Phi) is 4.63. The van der Waals surface area contributed by atoms with Crippen LogP contribution >= 0.6 is 11.3 Å². The molecule has 116 valence electrons. The van der Waals surface area contributed by atoms with Gasteiger partial charge in [-0.05, 0) is 47.4 Å². The molecule has 3 N–H and O–H groups in total. The van der Waals surface area contributed by atoms with Crippen molar-refractivity contribution >= 4 is 28.6 Å². The van der Waals surface area contributed by atoms with E-state index in [9.17, 15) is 4.79 Å². The topological polar surface area (TPSA) is 58.4 Å². The number of thiophene rings is 1. The number of hydrogen-bond acceptors (Lipinski definition) is 4. The molecule has 0 saturated carbocycles. The van der Waals surface area contributed by atoms with Crippen LogP contribution in [0.1, 0.15) is 18.4 Å². The number of nitrogens with two attached hydrogens (primary N) is 1. The molecule has 4 nitrogen and oxygen atoms in total. The average Bonchev–Trinajstić information content (AvgIpc) is 3.07. The zero-order chi connectivity index (χ0) is 15.4. The Bertz CT molecular complexity index is 619. The first kappa shape index (κ1) is 14.9. The van der Waals surface area contributed by atoms with E-state index in [1.54, 1.807) is 11.3 Å². The molecule has 2 aromatic rings. The van der Waals surface area contributed by atoms with Crippen molar-refractivity contribution in [2.45, 2.75) is 19.4 Å². The van der Waals surface area contributed by atoms with Crippen LogP contribution in [0.25, 0.3) is 0 Å². The predicted molar refractivity (Wildman–Crippen MR) is 92.2 cm³/mol. The van der Waals surface area contributed by atoms with Crippen molar-refractivity contribution in [2.75, 3.05) is 23.3 Å². The maximum Gasteiger partial charge on any atom is 0.220 e. The second-order valence-electron chi connectivity index (χ2n) is 5.67. The second-order valence-corrected chi connectivity index (χ2v) is 6.45. The maximum atomic E-state index is 11.3. The molecular formula is C17H21N3OS. The first-order valence-electron chi connectivity index (χ1n) is 7.62. The highest BCUT2D eigenvalue weighted by Crippen LogP contribution is 2.30. The van der Waals surface area contributed by atoms with Gasteiger partial charge in [-0.1, -0.05) is 12.1 Å². The number of nitrogens with one attached hydrogen (secondary N) is 1. The highest BCUT2D eigenvalue weighted by Gasteiger charge is 2.24. The molecule has 0 spiro atoms. The number of rotatable bonds is 5. The van der Waals surface area contributed by atoms with Gasteiger partial charge in [0, 0.05) is 25.6 Å². The number of hydrogen-bond donors (Lipinski definition) is 2. The lowest BCUT2D eigenvalue weighted by molar-refractivity contribution is -0.122. The van der Waals surface area contributed by atoms with Crippen LogP contribution in [-0.4, -0.2) is 19.0 Å². The molecule has 0 aliphatic carbocycles. The standard InChI is InChI=1S/C17H21N3OS/c18-17(21)14-5-8-20(9-6-14)16-4-2-1-3-15(16)19-11-13-7-10-22-12-13/h1-4,7,10,12,14,19H,5-6,8-9,11H2,(H2,18,21). The molecule has 0 bridgehead atoms. The number of anilines is 2. The van der Waals surface area contributed by atoms with Crippen molar-refractivity contribution in [3.05, 3.63) is 46.7 Å². The molecule has 1 aliphatic rings. The van der Waals surface area contributed by atoms with E-state index in [0.717, 1.165) is 38.2 Å². The summed E-state index contributed by atoms with van der Waals surface area (Å²) in [4.78, 5) is 13.6. The summed E-state index contributed by atoms with van der Waals surface area (Å²) >= 11 is 1.72. The summed E-state index contributed by atoms with van der Waals surface area (Å²) in [5.74, 6) is -0.134. The van der Waals surface area contributed by atoms with Gasteiger partial charge in [-0.25, -0.2) is 0 Å². The fourth-order valence-electron chi connectivity index (χ4n) is 2.89. The van der Waals surface area contributed by atoms with Crippen LogP contribution in [0.4, 0.5) is 11.4 Å². The predicted octanol–water partition coefficient (Wildman–Crippen LogP) is 3.06. The van der Waals surface area contributed by atoms with Gasteiger partial charge in [-0.2, -0.15) is 11.3 Å². The van der Waals surface area contributed by atoms with Crippen LogP contribution < -0.4 is 16.0 Å². The van der Waals surface area contributed by atoms with Crippen molar-refractivity contribution in [1.82, 2.24) is 0 Å². The molecule has 2 heterocycles. The Morgan fingerprint density at radius 1 is 1.27 bits per heavy atom. The molecule has 0 atom stereocenters. The molecule has 1 aliphatic heterocycles. The molecule has 22 heavy (non-hydrogen) atoms. The van der Waals surface area contributed by atoms with Gasteiger partial charge in [0.15, 0.2) is 0 Å². The zero-order valence-corrected chi connectivity index (χ0v) is 13.3. The van der Waals surface area contributed by atoms with Gasteiger partial charge in [0.1, 0.15) is 0 Å². The van der Waals surface area contributed by atoms with Crippen LogP contribution in [-0.2, 0) is 11.3 Å². The molecular weight excluding hydrogens is 294 g/mol. The smallest absolute Gasteiger partial charge is 0.220 e. The summed E-state index contributed by atoms with van der Waals surface area (Å²) in [6.07, 6.45) is 1.68. The van der Waals surface area contributed by atoms with Gasteiger partial charge in [-0.3, -0.25) is 4.79 Å². The normalized spacial score (nSPS) is 15.7. The molecule has 1 saturated heterocycles. The van der Waals surface area contributed by atoms with Gasteiger partial charge in [0.25, 0.3) is 0 Å². The molecule has 0 radical (unpaired) electrons. The fourth-order valence-corrected chi connectivity index (χ4v) is 3.56. The molecule has 3 rings (SSSR count). The SMILES string of the molecule is NC(=O)C1CCN(c2ccccc2NCc2ccsc2)CC1. The van der Waals surface area contributed by atoms with Crippen molar-refractivity contribution in [3.63, 3.8) is 0 Å². The third-order valence-electron chi connectivity index (χ3n) is 4.21. The molecule has 1 amide bonds. The number of carbonyl (C=O) groups is 1. The number of benzene rings is 1. The van der Waals surface area contributed by atoms with E-state index < -0.39 is 0 Å². The van der Waals surface area contributed by atoms with Gasteiger partial charge in [0.2, 0.25) is 5.91 Å². The third kappa shape index (κ3) is 3.42. The Morgan fingerprint density at radius 2 is 2.05 bits per heavy atom. The van der Waals surface area contributed by atoms with Crippen LogP contribution in [0.2, 0.25) is 0 Å². The minimum absolute atomic E-state index is 0.0298. The van der Waals surface area contributed by atoms with E-state index in [4.69, 9.17) is 5.73 Å². The van der Waals surface area contributed by atoms with E-state index in [1.165, 1.54) is 11.3 Å². The van der Waals surface area contributed by atoms with Crippen molar-refractivity contribution in [2.24, 2.45) is 11.7 Å². The molecule has 1 fully saturated rings. The summed E-state index contributed by atoms with van der Waals surface area (Å²) in [5.41, 5.74) is 9.07. The monoisotopic (exact) mass is 315 g/mol. The summed E-state index contributed by atoms with van der Waals surface area (Å²) in [5, 5.41) is 7.78. The van der Waals surface area contributed by atoms with Gasteiger partial charge in [0.05, 0.1) is 11.4 Å². The average molecular weight is 315 g/mol. The highest BCUT2D eigenvalue weighted by molar-refractivity contribution is 7.07. The van der Waals surface area contributed by atoms with Crippen LogP contribution in [0.5, 0.6) is 0 Å². The molecule has 5 heteroatoms. The minimum atomic E-state index is -0.163. The molecule has 1 aromatic carbocycles. The summed E-state index contributed by atoms with van der Waals surface area (Å²) in [7, 11) is 0. The lowest BCUT2D eigenvalue weighted by atomic mass is 9.96. The zero-order valence-electron chi connectivity index (χ0n) is 12.5. The van der Waals surface area contributed by atoms with Crippen molar-refractivity contribution < 1.29 is 4.79 Å². The summed E-state index contributed by atoms with van der Waals surface area (Å²) in [6, 6.07) is 10.5. The van der Waals surface area contributed by atoms with Crippen LogP contribution in [0, 0.1) is 5.92 Å². The first-order valence-corrected chi connectivity index (χ1v) is 8.56. The fraction of sp³-hybridized carbons (Fsp3) is 0.353. The number of nitrogens with zero attached hydrogens (tertiary/aromatic N) is 1. The van der Waals surface area contributed by atoms with E-state index in [2.05, 4.69) is 51.3 Å². The van der Waals surface area contributed by atoms with Crippen molar-refractivity contribution in [3.8, 4) is 0 Å². The van der Waals surface area contributed by atoms with Gasteiger partial charge < -0.3 is 16.0 Å². The largest absolute Gasteiger partial charge is 0.379 e. The van der Waals surface area contributed by atoms with E-state index in [1.807, 2.05) is 0 Å². The number of primary amides is 1. The van der Waals surface area contributed by atoms with E-state index in [0.29, 0.717) is 0 Å². The van der Waals surface area contributed by atoms with Gasteiger partial charge >= 0.3 is 0 Å². The first-order chi connectivity index (χ1) is 10.7. The quantitative estimate of drug-likeness (QED) is 0.891. The Balaban J connectivity index is 1.67. The molecule has 0 unspecified atom stereocenters. The van der Waals surface area contributed by atoms with E-state index in [-0.39, 0.29) is 11.8 Å².